The molecule has 206 valence electrons. The fourth-order valence-corrected chi connectivity index (χ4v) is 7.83. The van der Waals surface area contributed by atoms with Crippen LogP contribution in [-0.2, 0) is 24.0 Å². The monoisotopic (exact) mass is 539 g/mol. The Kier molecular flexibility index (Phi) is 7.03. The molecule has 1 aromatic rings. The first-order chi connectivity index (χ1) is 17.1. The number of tetrazole rings is 1. The number of aromatic nitrogens is 4. The van der Waals surface area contributed by atoms with Crippen molar-refractivity contribution in [1.82, 2.24) is 25.9 Å². The van der Waals surface area contributed by atoms with Crippen molar-refractivity contribution in [3.8, 4) is 0 Å². The van der Waals surface area contributed by atoms with Crippen molar-refractivity contribution in [1.29, 1.82) is 0 Å². The molecule has 3 atom stereocenters. The van der Waals surface area contributed by atoms with Crippen molar-refractivity contribution >= 4 is 44.0 Å². The number of oxime groups is 1. The van der Waals surface area contributed by atoms with E-state index in [0.29, 0.717) is 23.0 Å². The Morgan fingerprint density at radius 2 is 1.95 bits per heavy atom. The Hall–Kier alpha value is -3.33. The highest BCUT2D eigenvalue weighted by Crippen LogP contribution is 2.84. The highest BCUT2D eigenvalue weighted by atomic mass is 32.4. The van der Waals surface area contributed by atoms with Crippen LogP contribution in [0.15, 0.2) is 21.3 Å². The number of amides is 2. The van der Waals surface area contributed by atoms with Crippen LogP contribution in [0.3, 0.4) is 0 Å². The largest absolute Gasteiger partial charge is 0.457 e. The zero-order chi connectivity index (χ0) is 27.7. The smallest absolute Gasteiger partial charge is 0.357 e. The maximum atomic E-state index is 13.0. The topological polar surface area (TPSA) is 190 Å². The lowest BCUT2D eigenvalue weighted by molar-refractivity contribution is -0.166. The highest BCUT2D eigenvalue weighted by molar-refractivity contribution is 8.73. The van der Waals surface area contributed by atoms with Gasteiger partial charge in [0.05, 0.1) is 6.04 Å². The Balaban J connectivity index is 1.75. The van der Waals surface area contributed by atoms with Crippen LogP contribution in [0.1, 0.15) is 48.5 Å². The summed E-state index contributed by atoms with van der Waals surface area (Å²) < 4.78 is 5.52. The van der Waals surface area contributed by atoms with E-state index < -0.39 is 50.1 Å². The average molecular weight is 540 g/mol. The number of hydrogen-bond acceptors (Lipinski definition) is 11. The second kappa shape index (κ2) is 9.20. The van der Waals surface area contributed by atoms with Gasteiger partial charge in [-0.3, -0.25) is 19.5 Å². The molecule has 0 spiro atoms. The van der Waals surface area contributed by atoms with E-state index in [0.717, 1.165) is 6.21 Å². The number of β-lactam (4-membered cyclic amide) rings is 1. The number of anilines is 1. The summed E-state index contributed by atoms with van der Waals surface area (Å²) in [4.78, 5) is 49.2. The Morgan fingerprint density at radius 3 is 2.43 bits per heavy atom. The van der Waals surface area contributed by atoms with Gasteiger partial charge in [0, 0.05) is 5.55 Å². The van der Waals surface area contributed by atoms with E-state index in [2.05, 4.69) is 36.1 Å². The maximum Gasteiger partial charge on any atom is 0.357 e. The molecule has 1 aromatic heterocycles. The summed E-state index contributed by atoms with van der Waals surface area (Å²) in [6.07, 6.45) is -0.479. The Labute approximate surface area is 214 Å². The van der Waals surface area contributed by atoms with Gasteiger partial charge in [-0.1, -0.05) is 31.0 Å². The van der Waals surface area contributed by atoms with Crippen molar-refractivity contribution in [2.75, 3.05) is 22.2 Å². The number of aliphatic imine (C=N–C) groups is 1. The van der Waals surface area contributed by atoms with Crippen LogP contribution in [0.4, 0.5) is 5.95 Å². The van der Waals surface area contributed by atoms with Gasteiger partial charge in [-0.05, 0) is 55.6 Å². The molecule has 1 saturated heterocycles. The molecule has 3 heterocycles. The molecule has 4 N–H and O–H groups in total. The molecule has 2 aliphatic heterocycles. The summed E-state index contributed by atoms with van der Waals surface area (Å²) >= 11 is 0. The third-order valence-corrected chi connectivity index (χ3v) is 14.5. The molecule has 37 heavy (non-hydrogen) atoms. The zero-order valence-corrected chi connectivity index (χ0v) is 23.1. The van der Waals surface area contributed by atoms with E-state index in [4.69, 9.17) is 14.7 Å². The van der Waals surface area contributed by atoms with E-state index >= 15 is 0 Å². The number of nitrogens with one attached hydrogen (secondary N) is 2. The van der Waals surface area contributed by atoms with Gasteiger partial charge >= 0.3 is 5.97 Å². The summed E-state index contributed by atoms with van der Waals surface area (Å²) in [6.45, 7) is 12.9. The third kappa shape index (κ3) is 5.23. The molecular formula is C22H37N9O5S. The summed E-state index contributed by atoms with van der Waals surface area (Å²) in [5.41, 5.74) is 1.28. The number of H-pyrrole nitrogens is 1. The zero-order valence-electron chi connectivity index (χ0n) is 22.3. The van der Waals surface area contributed by atoms with Gasteiger partial charge in [0.15, 0.2) is 0 Å². The standard InChI is InChI=1S/C22H37N9O5S/c1-8-37(23,9-2,10-3)12-15(24-13-37)18(20(34)35-22(5,6)7)36-25-11-16(32)26-17-14(4)31(19(17)33)21-27-29-30-28-21/h11-14,17-18H,8-10,23H2,1-7H3,(H,26,32)(H,27,28,29,30)/b25-11+. The first kappa shape index (κ1) is 28.2. The number of esters is 1. The fourth-order valence-electron chi connectivity index (χ4n) is 4.15. The predicted octanol–water partition coefficient (Wildman–Crippen LogP) is 0.825. The molecule has 0 radical (unpaired) electrons. The normalized spacial score (nSPS) is 26.2. The van der Waals surface area contributed by atoms with E-state index in [9.17, 15) is 14.4 Å². The Bertz CT molecular complexity index is 1160. The van der Waals surface area contributed by atoms with Gasteiger partial charge in [0.1, 0.15) is 23.6 Å². The molecule has 3 unspecified atom stereocenters. The van der Waals surface area contributed by atoms with Crippen LogP contribution >= 0.6 is 8.48 Å². The van der Waals surface area contributed by atoms with Crippen molar-refractivity contribution < 1.29 is 24.0 Å². The number of rotatable bonds is 10. The third-order valence-electron chi connectivity index (χ3n) is 7.24. The lowest BCUT2D eigenvalue weighted by Gasteiger charge is -2.70. The molecular weight excluding hydrogens is 502 g/mol. The molecule has 3 rings (SSSR count). The van der Waals surface area contributed by atoms with E-state index in [1.807, 2.05) is 26.2 Å². The van der Waals surface area contributed by atoms with Gasteiger partial charge in [-0.25, -0.2) is 4.79 Å². The molecule has 1 fully saturated rings. The molecule has 15 heteroatoms. The van der Waals surface area contributed by atoms with Crippen LogP contribution in [0.2, 0.25) is 0 Å². The summed E-state index contributed by atoms with van der Waals surface area (Å²) in [5, 5.41) is 28.5. The molecule has 0 bridgehead atoms. The van der Waals surface area contributed by atoms with Crippen LogP contribution in [0.25, 0.3) is 0 Å². The SMILES string of the molecule is CCS1(N)(CC)(CC)C=NC(C(O/N=C/C(=O)NC2C(=O)N(c3nn[nH]n3)C2C)C(=O)OC(C)(C)C)=C1. The summed E-state index contributed by atoms with van der Waals surface area (Å²) in [5.74, 6) is 0.284. The molecule has 0 saturated carbocycles. The van der Waals surface area contributed by atoms with Crippen molar-refractivity contribution in [2.24, 2.45) is 15.3 Å². The number of carbonyl (C=O) groups excluding carboxylic acids is 3. The van der Waals surface area contributed by atoms with Crippen molar-refractivity contribution in [3.63, 3.8) is 0 Å². The van der Waals surface area contributed by atoms with Gasteiger partial charge in [-0.15, -0.1) is 5.10 Å². The maximum absolute atomic E-state index is 13.0. The second-order valence-corrected chi connectivity index (χ2v) is 17.8. The van der Waals surface area contributed by atoms with Gasteiger partial charge in [-0.2, -0.15) is 13.7 Å². The molecule has 0 aromatic carbocycles. The van der Waals surface area contributed by atoms with Crippen LogP contribution in [0.5, 0.6) is 0 Å². The predicted molar refractivity (Wildman–Crippen MR) is 142 cm³/mol. The number of ether oxygens (including phenoxy) is 1. The molecule has 2 amide bonds. The second-order valence-electron chi connectivity index (χ2n) is 10.6. The number of nitrogens with two attached hydrogens (primary N) is 1. The van der Waals surface area contributed by atoms with Crippen LogP contribution in [0, 0.1) is 0 Å². The first-order valence-corrected chi connectivity index (χ1v) is 15.2. The van der Waals surface area contributed by atoms with Gasteiger partial charge < -0.3 is 20.0 Å². The lowest BCUT2D eigenvalue weighted by atomic mass is 9.97. The number of carbonyl (C=O) groups is 3. The molecule has 0 aliphatic carbocycles. The molecule has 14 nitrogen and oxygen atoms in total. The lowest BCUT2D eigenvalue weighted by Crippen LogP contribution is -2.70. The van der Waals surface area contributed by atoms with Gasteiger partial charge in [0.25, 0.3) is 23.9 Å². The van der Waals surface area contributed by atoms with E-state index in [1.165, 1.54) is 4.90 Å². The van der Waals surface area contributed by atoms with Crippen molar-refractivity contribution in [2.45, 2.75) is 72.3 Å². The van der Waals surface area contributed by atoms with Crippen LogP contribution in [-0.4, -0.2) is 91.2 Å². The highest BCUT2D eigenvalue weighted by Gasteiger charge is 2.54. The quantitative estimate of drug-likeness (QED) is 0.167. The average Bonchev–Trinajstić information content (AvgIpc) is 3.48. The first-order valence-electron chi connectivity index (χ1n) is 12.1. The molecule has 2 aliphatic rings. The van der Waals surface area contributed by atoms with E-state index in [-0.39, 0.29) is 5.95 Å². The number of aromatic amines is 1. The minimum Gasteiger partial charge on any atom is -0.457 e. The fraction of sp³-hybridized carbons (Fsp3) is 0.636. The summed E-state index contributed by atoms with van der Waals surface area (Å²) in [6, 6.07) is -1.20. The number of nitrogens with zero attached hydrogens (tertiary/aromatic N) is 6. The number of hydrogen-bond donors (Lipinski definition) is 3. The van der Waals surface area contributed by atoms with Gasteiger partial charge in [0.2, 0.25) is 0 Å². The van der Waals surface area contributed by atoms with E-state index in [1.54, 1.807) is 33.2 Å². The minimum absolute atomic E-state index is 0.117. The van der Waals surface area contributed by atoms with Crippen LogP contribution < -0.4 is 15.4 Å². The Morgan fingerprint density at radius 1 is 1.30 bits per heavy atom. The van der Waals surface area contributed by atoms with Crippen molar-refractivity contribution in [3.05, 3.63) is 11.1 Å². The summed E-state index contributed by atoms with van der Waals surface area (Å²) in [7, 11) is -3.33. The minimum atomic E-state index is -3.33.